The summed E-state index contributed by atoms with van der Waals surface area (Å²) in [6.45, 7) is 6.18. The van der Waals surface area contributed by atoms with Crippen LogP contribution in [-0.4, -0.2) is 58.9 Å². The van der Waals surface area contributed by atoms with Gasteiger partial charge in [0.1, 0.15) is 0 Å². The smallest absolute Gasteiger partial charge is 0.209 e. The largest absolute Gasteiger partial charge is 0.363 e. The van der Waals surface area contributed by atoms with E-state index in [2.05, 4.69) is 42.8 Å². The molecule has 7 nitrogen and oxygen atoms in total. The number of anilines is 1. The van der Waals surface area contributed by atoms with Gasteiger partial charge in [-0.15, -0.1) is 11.3 Å². The van der Waals surface area contributed by atoms with Crippen molar-refractivity contribution in [1.29, 1.82) is 0 Å². The number of piperidine rings is 1. The molecule has 1 saturated heterocycles. The van der Waals surface area contributed by atoms with Crippen LogP contribution < -0.4 is 20.3 Å². The van der Waals surface area contributed by atoms with Gasteiger partial charge < -0.3 is 15.5 Å². The molecule has 3 N–H and O–H groups in total. The Bertz CT molecular complexity index is 663. The van der Waals surface area contributed by atoms with Crippen LogP contribution in [0, 0.1) is 0 Å². The van der Waals surface area contributed by atoms with Crippen molar-refractivity contribution in [3.63, 3.8) is 0 Å². The molecule has 142 valence electrons. The number of hydrogen-bond donors (Lipinski definition) is 3. The summed E-state index contributed by atoms with van der Waals surface area (Å²) in [5, 5.41) is 10.1. The zero-order valence-corrected chi connectivity index (χ0v) is 17.0. The first kappa shape index (κ1) is 20.0. The van der Waals surface area contributed by atoms with Gasteiger partial charge in [0.2, 0.25) is 10.0 Å². The predicted octanol–water partition coefficient (Wildman–Crippen LogP) is 1.21. The summed E-state index contributed by atoms with van der Waals surface area (Å²) < 4.78 is 25.5. The SMILES string of the molecule is CN=C(NCC(C)(C)NS(C)(=O)=O)NC1CCN(c2cccs2)CC1. The third-order valence-corrected chi connectivity index (χ3v) is 5.89. The molecule has 1 fully saturated rings. The lowest BCUT2D eigenvalue weighted by Gasteiger charge is -2.34. The van der Waals surface area contributed by atoms with Crippen LogP contribution in [0.25, 0.3) is 0 Å². The monoisotopic (exact) mass is 387 g/mol. The lowest BCUT2D eigenvalue weighted by atomic mass is 10.1. The molecule has 0 saturated carbocycles. The molecule has 2 heterocycles. The molecule has 0 bridgehead atoms. The first-order valence-corrected chi connectivity index (χ1v) is 11.2. The minimum absolute atomic E-state index is 0.369. The van der Waals surface area contributed by atoms with Crippen LogP contribution in [0.1, 0.15) is 26.7 Å². The van der Waals surface area contributed by atoms with Crippen molar-refractivity contribution in [1.82, 2.24) is 15.4 Å². The minimum Gasteiger partial charge on any atom is -0.363 e. The number of nitrogens with zero attached hydrogens (tertiary/aromatic N) is 2. The molecule has 1 aliphatic heterocycles. The summed E-state index contributed by atoms with van der Waals surface area (Å²) in [7, 11) is -1.52. The van der Waals surface area contributed by atoms with Crippen LogP contribution in [0.5, 0.6) is 0 Å². The summed E-state index contributed by atoms with van der Waals surface area (Å²) in [5.74, 6) is 0.706. The lowest BCUT2D eigenvalue weighted by Crippen LogP contribution is -2.55. The van der Waals surface area contributed by atoms with Crippen LogP contribution in [-0.2, 0) is 10.0 Å². The van der Waals surface area contributed by atoms with E-state index in [1.54, 1.807) is 18.4 Å². The van der Waals surface area contributed by atoms with Crippen LogP contribution in [0.3, 0.4) is 0 Å². The fourth-order valence-electron chi connectivity index (χ4n) is 2.92. The normalized spacial score (nSPS) is 17.6. The van der Waals surface area contributed by atoms with Gasteiger partial charge in [-0.2, -0.15) is 0 Å². The Morgan fingerprint density at radius 2 is 2.08 bits per heavy atom. The molecule has 0 amide bonds. The summed E-state index contributed by atoms with van der Waals surface area (Å²) in [6.07, 6.45) is 3.26. The second-order valence-corrected chi connectivity index (χ2v) is 9.72. The molecule has 25 heavy (non-hydrogen) atoms. The van der Waals surface area contributed by atoms with E-state index in [1.165, 1.54) is 11.3 Å². The number of guanidine groups is 1. The highest BCUT2D eigenvalue weighted by Gasteiger charge is 2.24. The van der Waals surface area contributed by atoms with Crippen molar-refractivity contribution in [3.8, 4) is 0 Å². The molecule has 1 aromatic rings. The molecule has 9 heteroatoms. The van der Waals surface area contributed by atoms with Crippen LogP contribution >= 0.6 is 11.3 Å². The molecular formula is C16H29N5O2S2. The molecule has 1 aromatic heterocycles. The Hall–Kier alpha value is -1.32. The van der Waals surface area contributed by atoms with Gasteiger partial charge in [0.15, 0.2) is 5.96 Å². The number of nitrogens with one attached hydrogen (secondary N) is 3. The number of thiophene rings is 1. The quantitative estimate of drug-likeness (QED) is 0.505. The maximum Gasteiger partial charge on any atom is 0.209 e. The van der Waals surface area contributed by atoms with Gasteiger partial charge in [-0.05, 0) is 44.2 Å². The molecule has 2 rings (SSSR count). The fourth-order valence-corrected chi connectivity index (χ4v) is 4.79. The van der Waals surface area contributed by atoms with E-state index in [1.807, 2.05) is 13.8 Å². The van der Waals surface area contributed by atoms with Gasteiger partial charge in [0.25, 0.3) is 0 Å². The highest BCUT2D eigenvalue weighted by Crippen LogP contribution is 2.24. The Morgan fingerprint density at radius 1 is 1.40 bits per heavy atom. The van der Waals surface area contributed by atoms with E-state index < -0.39 is 15.6 Å². The summed E-state index contributed by atoms with van der Waals surface area (Å²) in [4.78, 5) is 6.67. The highest BCUT2D eigenvalue weighted by molar-refractivity contribution is 7.88. The van der Waals surface area contributed by atoms with Crippen molar-refractivity contribution < 1.29 is 8.42 Å². The number of sulfonamides is 1. The average molecular weight is 388 g/mol. The van der Waals surface area contributed by atoms with E-state index in [0.29, 0.717) is 18.5 Å². The van der Waals surface area contributed by atoms with Crippen LogP contribution in [0.2, 0.25) is 0 Å². The molecule has 0 atom stereocenters. The zero-order valence-electron chi connectivity index (χ0n) is 15.4. The minimum atomic E-state index is -3.25. The molecule has 1 aliphatic rings. The Kier molecular flexibility index (Phi) is 6.70. The van der Waals surface area contributed by atoms with E-state index >= 15 is 0 Å². The summed E-state index contributed by atoms with van der Waals surface area (Å²) >= 11 is 1.78. The zero-order chi connectivity index (χ0) is 18.5. The summed E-state index contributed by atoms with van der Waals surface area (Å²) in [6, 6.07) is 4.62. The highest BCUT2D eigenvalue weighted by atomic mass is 32.2. The number of rotatable bonds is 6. The average Bonchev–Trinajstić information content (AvgIpc) is 3.04. The number of hydrogen-bond acceptors (Lipinski definition) is 5. The van der Waals surface area contributed by atoms with Gasteiger partial charge in [0, 0.05) is 38.3 Å². The molecule has 0 unspecified atom stereocenters. The van der Waals surface area contributed by atoms with Crippen molar-refractivity contribution in [2.75, 3.05) is 37.8 Å². The molecule has 0 radical (unpaired) electrons. The fraction of sp³-hybridized carbons (Fsp3) is 0.688. The van der Waals surface area contributed by atoms with E-state index in [9.17, 15) is 8.42 Å². The van der Waals surface area contributed by atoms with Crippen molar-refractivity contribution >= 4 is 32.3 Å². The second-order valence-electron chi connectivity index (χ2n) is 7.04. The van der Waals surface area contributed by atoms with E-state index in [-0.39, 0.29) is 0 Å². The molecule has 0 aliphatic carbocycles. The first-order chi connectivity index (χ1) is 11.7. The van der Waals surface area contributed by atoms with E-state index in [0.717, 1.165) is 25.9 Å². The standard InChI is InChI=1S/C16H29N5O2S2/c1-16(2,20-25(4,22)23)12-18-15(17-3)19-13-7-9-21(10-8-13)14-6-5-11-24-14/h5-6,11,13,20H,7-10,12H2,1-4H3,(H2,17,18,19). The third kappa shape index (κ3) is 6.83. The van der Waals surface area contributed by atoms with Gasteiger partial charge in [-0.3, -0.25) is 4.99 Å². The molecule has 0 spiro atoms. The Morgan fingerprint density at radius 3 is 2.60 bits per heavy atom. The maximum atomic E-state index is 11.4. The first-order valence-electron chi connectivity index (χ1n) is 8.43. The topological polar surface area (TPSA) is 85.8 Å². The van der Waals surface area contributed by atoms with Crippen LogP contribution in [0.4, 0.5) is 5.00 Å². The van der Waals surface area contributed by atoms with Gasteiger partial charge in [-0.25, -0.2) is 13.1 Å². The van der Waals surface area contributed by atoms with Crippen molar-refractivity contribution in [2.24, 2.45) is 4.99 Å². The van der Waals surface area contributed by atoms with Crippen molar-refractivity contribution in [3.05, 3.63) is 17.5 Å². The Labute approximate surface area is 155 Å². The van der Waals surface area contributed by atoms with Crippen LogP contribution in [0.15, 0.2) is 22.5 Å². The van der Waals surface area contributed by atoms with E-state index in [4.69, 9.17) is 0 Å². The van der Waals surface area contributed by atoms with Gasteiger partial charge in [0.05, 0.1) is 11.3 Å². The molecule has 0 aromatic carbocycles. The predicted molar refractivity (Wildman–Crippen MR) is 106 cm³/mol. The molecular weight excluding hydrogens is 358 g/mol. The lowest BCUT2D eigenvalue weighted by molar-refractivity contribution is 0.434. The summed E-state index contributed by atoms with van der Waals surface area (Å²) in [5.41, 5.74) is -0.590. The van der Waals surface area contributed by atoms with Crippen molar-refractivity contribution in [2.45, 2.75) is 38.3 Å². The third-order valence-electron chi connectivity index (χ3n) is 4.04. The second kappa shape index (κ2) is 8.37. The number of aliphatic imine (C=N–C) groups is 1. The van der Waals surface area contributed by atoms with Gasteiger partial charge in [-0.1, -0.05) is 0 Å². The maximum absolute atomic E-state index is 11.4. The van der Waals surface area contributed by atoms with Gasteiger partial charge >= 0.3 is 0 Å². The Balaban J connectivity index is 1.79.